The number of ether oxygens (including phenoxy) is 1. The van der Waals surface area contributed by atoms with E-state index in [0.717, 1.165) is 11.3 Å². The minimum absolute atomic E-state index is 0.237. The van der Waals surface area contributed by atoms with Crippen LogP contribution in [0.3, 0.4) is 0 Å². The maximum atomic E-state index is 13.3. The molecule has 6 nitrogen and oxygen atoms in total. The molecule has 2 heterocycles. The predicted molar refractivity (Wildman–Crippen MR) is 121 cm³/mol. The summed E-state index contributed by atoms with van der Waals surface area (Å²) in [7, 11) is 1.63. The van der Waals surface area contributed by atoms with E-state index in [1.54, 1.807) is 36.4 Å². The molecule has 1 amide bonds. The number of methoxy groups -OCH3 is 1. The fourth-order valence-electron chi connectivity index (χ4n) is 3.29. The molecule has 2 aromatic carbocycles. The average molecular weight is 461 g/mol. The van der Waals surface area contributed by atoms with Crippen molar-refractivity contribution in [1.29, 1.82) is 0 Å². The first-order chi connectivity index (χ1) is 14.5. The van der Waals surface area contributed by atoms with Gasteiger partial charge in [0.2, 0.25) is 0 Å². The third-order valence-corrected chi connectivity index (χ3v) is 5.93. The third-order valence-electron chi connectivity index (χ3n) is 4.76. The second-order valence-corrected chi connectivity index (χ2v) is 8.17. The molecule has 1 aliphatic heterocycles. The molecule has 154 valence electrons. The fourth-order valence-corrected chi connectivity index (χ4v) is 4.23. The number of anilines is 2. The van der Waals surface area contributed by atoms with Crippen LogP contribution in [-0.2, 0) is 6.54 Å². The molecule has 4 rings (SSSR count). The Kier molecular flexibility index (Phi) is 6.04. The van der Waals surface area contributed by atoms with Crippen LogP contribution in [0.5, 0.6) is 5.75 Å². The first kappa shape index (κ1) is 20.8. The van der Waals surface area contributed by atoms with E-state index in [0.29, 0.717) is 38.8 Å². The Balaban J connectivity index is 1.77. The normalized spacial score (nSPS) is 13.4. The number of aromatic nitrogens is 2. The Hall–Kier alpha value is -2.48. The second kappa shape index (κ2) is 8.71. The number of para-hydroxylation sites is 1. The van der Waals surface area contributed by atoms with Gasteiger partial charge in [0.1, 0.15) is 23.8 Å². The Bertz CT molecular complexity index is 1070. The van der Waals surface area contributed by atoms with Crippen molar-refractivity contribution in [3.63, 3.8) is 0 Å². The van der Waals surface area contributed by atoms with E-state index in [1.807, 2.05) is 35.4 Å². The number of halogens is 2. The number of fused-ring (bicyclic) bond motifs is 1. The van der Waals surface area contributed by atoms with Gasteiger partial charge in [0, 0.05) is 12.7 Å². The first-order valence-corrected chi connectivity index (χ1v) is 11.0. The van der Waals surface area contributed by atoms with Crippen LogP contribution in [0.15, 0.2) is 53.8 Å². The lowest BCUT2D eigenvalue weighted by Gasteiger charge is -2.37. The first-order valence-electron chi connectivity index (χ1n) is 9.06. The highest BCUT2D eigenvalue weighted by Gasteiger charge is 2.34. The molecule has 0 unspecified atom stereocenters. The molecule has 1 aliphatic rings. The topological polar surface area (TPSA) is 58.6 Å². The van der Waals surface area contributed by atoms with E-state index < -0.39 is 0 Å². The molecular formula is C21H18Cl2N4O2S. The van der Waals surface area contributed by atoms with Gasteiger partial charge < -0.3 is 9.64 Å². The summed E-state index contributed by atoms with van der Waals surface area (Å²) in [5.74, 6) is 1.14. The van der Waals surface area contributed by atoms with E-state index >= 15 is 0 Å². The SMILES string of the molecule is COc1ccc(CN2CN(c3c(Cl)cccc3Cl)C(=O)c3cnc(SC)nc32)cc1. The van der Waals surface area contributed by atoms with E-state index in [4.69, 9.17) is 27.9 Å². The minimum atomic E-state index is -0.237. The number of hydrogen-bond donors (Lipinski definition) is 0. The number of carbonyl (C=O) groups is 1. The molecule has 0 N–H and O–H groups in total. The molecule has 0 bridgehead atoms. The maximum Gasteiger partial charge on any atom is 0.265 e. The quantitative estimate of drug-likeness (QED) is 0.388. The molecule has 0 spiro atoms. The van der Waals surface area contributed by atoms with Crippen LogP contribution in [0, 0.1) is 0 Å². The number of amides is 1. The molecule has 0 radical (unpaired) electrons. The predicted octanol–water partition coefficient (Wildman–Crippen LogP) is 5.14. The van der Waals surface area contributed by atoms with Gasteiger partial charge in [0.15, 0.2) is 5.16 Å². The zero-order valence-electron chi connectivity index (χ0n) is 16.3. The summed E-state index contributed by atoms with van der Waals surface area (Å²) in [6.07, 6.45) is 3.46. The molecule has 1 aromatic heterocycles. The van der Waals surface area contributed by atoms with Crippen LogP contribution in [-0.4, -0.2) is 35.9 Å². The van der Waals surface area contributed by atoms with Gasteiger partial charge in [-0.3, -0.25) is 9.69 Å². The monoisotopic (exact) mass is 460 g/mol. The van der Waals surface area contributed by atoms with E-state index in [2.05, 4.69) is 9.97 Å². The van der Waals surface area contributed by atoms with E-state index in [9.17, 15) is 4.79 Å². The van der Waals surface area contributed by atoms with Crippen molar-refractivity contribution in [1.82, 2.24) is 9.97 Å². The van der Waals surface area contributed by atoms with Crippen molar-refractivity contribution in [2.24, 2.45) is 0 Å². The van der Waals surface area contributed by atoms with Gasteiger partial charge >= 0.3 is 0 Å². The van der Waals surface area contributed by atoms with Gasteiger partial charge in [-0.2, -0.15) is 0 Å². The summed E-state index contributed by atoms with van der Waals surface area (Å²) in [5.41, 5.74) is 1.93. The Morgan fingerprint density at radius 3 is 2.47 bits per heavy atom. The lowest BCUT2D eigenvalue weighted by molar-refractivity contribution is 0.0980. The standard InChI is InChI=1S/C21H18Cl2N4O2S/c1-29-14-8-6-13(7-9-14)11-26-12-27(18-16(22)4-3-5-17(18)23)20(28)15-10-24-21(30-2)25-19(15)26/h3-10H,11-12H2,1-2H3. The molecule has 0 saturated heterocycles. The van der Waals surface area contributed by atoms with E-state index in [-0.39, 0.29) is 12.6 Å². The third kappa shape index (κ3) is 3.93. The zero-order chi connectivity index (χ0) is 21.3. The number of rotatable bonds is 5. The Morgan fingerprint density at radius 1 is 1.13 bits per heavy atom. The second-order valence-electron chi connectivity index (χ2n) is 6.58. The molecule has 0 atom stereocenters. The van der Waals surface area contributed by atoms with Gasteiger partial charge in [-0.25, -0.2) is 9.97 Å². The van der Waals surface area contributed by atoms with Crippen molar-refractivity contribution in [2.75, 3.05) is 29.8 Å². The van der Waals surface area contributed by atoms with Crippen LogP contribution >= 0.6 is 35.0 Å². The molecular weight excluding hydrogens is 443 g/mol. The lowest BCUT2D eigenvalue weighted by Crippen LogP contribution is -2.47. The summed E-state index contributed by atoms with van der Waals surface area (Å²) in [6, 6.07) is 13.0. The van der Waals surface area contributed by atoms with Crippen molar-refractivity contribution in [3.05, 3.63) is 69.8 Å². The minimum Gasteiger partial charge on any atom is -0.497 e. The van der Waals surface area contributed by atoms with Crippen LogP contribution in [0.2, 0.25) is 10.0 Å². The van der Waals surface area contributed by atoms with Crippen LogP contribution in [0.4, 0.5) is 11.5 Å². The van der Waals surface area contributed by atoms with Crippen LogP contribution < -0.4 is 14.5 Å². The summed E-state index contributed by atoms with van der Waals surface area (Å²) >= 11 is 14.2. The Labute approximate surface area is 188 Å². The lowest BCUT2D eigenvalue weighted by atomic mass is 10.1. The van der Waals surface area contributed by atoms with Gasteiger partial charge in [0.05, 0.1) is 22.8 Å². The van der Waals surface area contributed by atoms with Gasteiger partial charge in [-0.1, -0.05) is 53.2 Å². The number of thioether (sulfide) groups is 1. The zero-order valence-corrected chi connectivity index (χ0v) is 18.6. The molecule has 30 heavy (non-hydrogen) atoms. The molecule has 0 saturated carbocycles. The van der Waals surface area contributed by atoms with Gasteiger partial charge in [-0.05, 0) is 36.1 Å². The fraction of sp³-hybridized carbons (Fsp3) is 0.190. The molecule has 0 aliphatic carbocycles. The molecule has 3 aromatic rings. The van der Waals surface area contributed by atoms with Gasteiger partial charge in [-0.15, -0.1) is 0 Å². The number of benzene rings is 2. The molecule has 9 heteroatoms. The summed E-state index contributed by atoms with van der Waals surface area (Å²) < 4.78 is 5.24. The number of hydrogen-bond acceptors (Lipinski definition) is 6. The maximum absolute atomic E-state index is 13.3. The van der Waals surface area contributed by atoms with Crippen molar-refractivity contribution < 1.29 is 9.53 Å². The Morgan fingerprint density at radius 2 is 1.83 bits per heavy atom. The van der Waals surface area contributed by atoms with Gasteiger partial charge in [0.25, 0.3) is 5.91 Å². The highest BCUT2D eigenvalue weighted by atomic mass is 35.5. The van der Waals surface area contributed by atoms with E-state index in [1.165, 1.54) is 11.8 Å². The summed E-state index contributed by atoms with van der Waals surface area (Å²) in [4.78, 5) is 25.8. The van der Waals surface area contributed by atoms with Crippen molar-refractivity contribution in [2.45, 2.75) is 11.7 Å². The van der Waals surface area contributed by atoms with Crippen LogP contribution in [0.25, 0.3) is 0 Å². The van der Waals surface area contributed by atoms with Crippen LogP contribution in [0.1, 0.15) is 15.9 Å². The highest BCUT2D eigenvalue weighted by Crippen LogP contribution is 2.38. The summed E-state index contributed by atoms with van der Waals surface area (Å²) in [6.45, 7) is 0.791. The largest absolute Gasteiger partial charge is 0.497 e. The number of carbonyl (C=O) groups excluding carboxylic acids is 1. The molecule has 0 fully saturated rings. The average Bonchev–Trinajstić information content (AvgIpc) is 2.76. The smallest absolute Gasteiger partial charge is 0.265 e. The summed E-state index contributed by atoms with van der Waals surface area (Å²) in [5, 5.41) is 1.42. The van der Waals surface area contributed by atoms with Crippen molar-refractivity contribution in [3.8, 4) is 5.75 Å². The number of nitrogens with zero attached hydrogens (tertiary/aromatic N) is 4. The van der Waals surface area contributed by atoms with Crippen molar-refractivity contribution >= 4 is 52.4 Å². The highest BCUT2D eigenvalue weighted by molar-refractivity contribution is 7.98.